The summed E-state index contributed by atoms with van der Waals surface area (Å²) in [6.07, 6.45) is 1.48. The number of halogens is 2. The number of fused-ring (bicyclic) bond motifs is 1. The number of hydrazone groups is 1. The molecular formula is C25H16BrClN2O3. The number of nitrogens with one attached hydrogen (secondary N) is 1. The molecule has 1 N–H and O–H groups in total. The van der Waals surface area contributed by atoms with E-state index in [1.165, 1.54) is 6.21 Å². The standard InChI is InChI=1S/C25H16BrClN2O3/c26-19-10-5-17(6-11-19)24(30)29-28-15-22-21-4-2-1-3-16(21)9-14-23(22)32-25(31)18-7-12-20(27)13-8-18/h1-15H,(H,29,30)/b28-15+. The molecule has 158 valence electrons. The zero-order valence-corrected chi connectivity index (χ0v) is 18.9. The molecule has 0 saturated carbocycles. The van der Waals surface area contributed by atoms with E-state index in [-0.39, 0.29) is 5.91 Å². The van der Waals surface area contributed by atoms with Crippen LogP contribution in [0, 0.1) is 0 Å². The number of esters is 1. The van der Waals surface area contributed by atoms with Crippen molar-refractivity contribution in [3.8, 4) is 5.75 Å². The van der Waals surface area contributed by atoms with Crippen LogP contribution in [0.2, 0.25) is 5.02 Å². The molecule has 0 heterocycles. The van der Waals surface area contributed by atoms with Gasteiger partial charge in [0.2, 0.25) is 0 Å². The molecule has 0 spiro atoms. The average Bonchev–Trinajstić information content (AvgIpc) is 2.81. The van der Waals surface area contributed by atoms with Crippen LogP contribution in [0.15, 0.2) is 94.5 Å². The molecule has 7 heteroatoms. The van der Waals surface area contributed by atoms with Gasteiger partial charge in [0.15, 0.2) is 0 Å². The summed E-state index contributed by atoms with van der Waals surface area (Å²) < 4.78 is 6.52. The first-order chi connectivity index (χ1) is 15.5. The summed E-state index contributed by atoms with van der Waals surface area (Å²) >= 11 is 9.23. The number of ether oxygens (including phenoxy) is 1. The molecule has 5 nitrogen and oxygen atoms in total. The van der Waals surface area contributed by atoms with Gasteiger partial charge in [-0.3, -0.25) is 4.79 Å². The fourth-order valence-corrected chi connectivity index (χ4v) is 3.45. The van der Waals surface area contributed by atoms with Gasteiger partial charge in [-0.2, -0.15) is 5.10 Å². The third-order valence-electron chi connectivity index (χ3n) is 4.68. The molecular weight excluding hydrogens is 492 g/mol. The van der Waals surface area contributed by atoms with Crippen molar-refractivity contribution < 1.29 is 14.3 Å². The van der Waals surface area contributed by atoms with Gasteiger partial charge in [0.05, 0.1) is 11.8 Å². The minimum Gasteiger partial charge on any atom is -0.422 e. The van der Waals surface area contributed by atoms with E-state index in [2.05, 4.69) is 26.5 Å². The highest BCUT2D eigenvalue weighted by Gasteiger charge is 2.14. The first kappa shape index (κ1) is 21.7. The van der Waals surface area contributed by atoms with Crippen LogP contribution in [0.1, 0.15) is 26.3 Å². The normalized spacial score (nSPS) is 10.9. The van der Waals surface area contributed by atoms with E-state index in [1.54, 1.807) is 54.6 Å². The fraction of sp³-hybridized carbons (Fsp3) is 0. The van der Waals surface area contributed by atoms with Crippen LogP contribution in [0.5, 0.6) is 5.75 Å². The molecule has 0 atom stereocenters. The predicted molar refractivity (Wildman–Crippen MR) is 130 cm³/mol. The molecule has 0 unspecified atom stereocenters. The summed E-state index contributed by atoms with van der Waals surface area (Å²) in [5.41, 5.74) is 3.92. The lowest BCUT2D eigenvalue weighted by Crippen LogP contribution is -2.17. The van der Waals surface area contributed by atoms with Crippen molar-refractivity contribution in [3.05, 3.63) is 111 Å². The van der Waals surface area contributed by atoms with E-state index in [1.807, 2.05) is 30.3 Å². The smallest absolute Gasteiger partial charge is 0.343 e. The van der Waals surface area contributed by atoms with E-state index in [9.17, 15) is 9.59 Å². The van der Waals surface area contributed by atoms with Gasteiger partial charge in [-0.15, -0.1) is 0 Å². The molecule has 0 aliphatic carbocycles. The Morgan fingerprint density at radius 2 is 1.56 bits per heavy atom. The van der Waals surface area contributed by atoms with Crippen LogP contribution in [0.4, 0.5) is 0 Å². The minimum absolute atomic E-state index is 0.324. The SMILES string of the molecule is O=C(N/N=C/c1c(OC(=O)c2ccc(Cl)cc2)ccc2ccccc12)c1ccc(Br)cc1. The number of carbonyl (C=O) groups is 2. The highest BCUT2D eigenvalue weighted by molar-refractivity contribution is 9.10. The highest BCUT2D eigenvalue weighted by atomic mass is 79.9. The topological polar surface area (TPSA) is 67.8 Å². The second-order valence-electron chi connectivity index (χ2n) is 6.80. The van der Waals surface area contributed by atoms with E-state index < -0.39 is 5.97 Å². The maximum Gasteiger partial charge on any atom is 0.343 e. The molecule has 4 aromatic rings. The second-order valence-corrected chi connectivity index (χ2v) is 8.15. The number of nitrogens with zero attached hydrogens (tertiary/aromatic N) is 1. The number of carbonyl (C=O) groups excluding carboxylic acids is 2. The molecule has 0 aliphatic heterocycles. The van der Waals surface area contributed by atoms with Crippen LogP contribution in [0.25, 0.3) is 10.8 Å². The molecule has 4 rings (SSSR count). The second kappa shape index (κ2) is 9.77. The lowest BCUT2D eigenvalue weighted by Gasteiger charge is -2.10. The first-order valence-corrected chi connectivity index (χ1v) is 10.8. The van der Waals surface area contributed by atoms with E-state index >= 15 is 0 Å². The third-order valence-corrected chi connectivity index (χ3v) is 5.46. The zero-order chi connectivity index (χ0) is 22.5. The molecule has 0 bridgehead atoms. The van der Waals surface area contributed by atoms with Gasteiger partial charge in [-0.05, 0) is 65.4 Å². The Bertz CT molecular complexity index is 1320. The summed E-state index contributed by atoms with van der Waals surface area (Å²) in [6, 6.07) is 24.6. The van der Waals surface area contributed by atoms with Crippen LogP contribution in [0.3, 0.4) is 0 Å². The van der Waals surface area contributed by atoms with Gasteiger partial charge in [-0.25, -0.2) is 10.2 Å². The van der Waals surface area contributed by atoms with Crippen molar-refractivity contribution >= 4 is 56.4 Å². The summed E-state index contributed by atoms with van der Waals surface area (Å²) in [7, 11) is 0. The number of rotatable bonds is 5. The van der Waals surface area contributed by atoms with Gasteiger partial charge >= 0.3 is 5.97 Å². The Kier molecular flexibility index (Phi) is 6.63. The van der Waals surface area contributed by atoms with Crippen molar-refractivity contribution in [1.29, 1.82) is 0 Å². The quantitative estimate of drug-likeness (QED) is 0.150. The summed E-state index contributed by atoms with van der Waals surface area (Å²) in [6.45, 7) is 0. The van der Waals surface area contributed by atoms with Crippen molar-refractivity contribution in [2.75, 3.05) is 0 Å². The van der Waals surface area contributed by atoms with Gasteiger partial charge in [0.25, 0.3) is 5.91 Å². The Morgan fingerprint density at radius 1 is 0.875 bits per heavy atom. The molecule has 1 amide bonds. The monoisotopic (exact) mass is 506 g/mol. The lowest BCUT2D eigenvalue weighted by atomic mass is 10.0. The third kappa shape index (κ3) is 5.04. The van der Waals surface area contributed by atoms with Gasteiger partial charge in [-0.1, -0.05) is 57.9 Å². The highest BCUT2D eigenvalue weighted by Crippen LogP contribution is 2.27. The molecule has 0 radical (unpaired) electrons. The molecule has 0 fully saturated rings. The number of hydrogen-bond donors (Lipinski definition) is 1. The summed E-state index contributed by atoms with van der Waals surface area (Å²) in [5, 5.41) is 6.40. The number of amides is 1. The molecule has 0 aromatic heterocycles. The minimum atomic E-state index is -0.523. The Labute approximate surface area is 197 Å². The van der Waals surface area contributed by atoms with E-state index in [4.69, 9.17) is 16.3 Å². The van der Waals surface area contributed by atoms with Crippen LogP contribution in [-0.2, 0) is 0 Å². The lowest BCUT2D eigenvalue weighted by molar-refractivity contribution is 0.0734. The number of hydrogen-bond acceptors (Lipinski definition) is 4. The van der Waals surface area contributed by atoms with Crippen LogP contribution >= 0.6 is 27.5 Å². The van der Waals surface area contributed by atoms with Crippen LogP contribution < -0.4 is 10.2 Å². The summed E-state index contributed by atoms with van der Waals surface area (Å²) in [4.78, 5) is 25.0. The van der Waals surface area contributed by atoms with Crippen LogP contribution in [-0.4, -0.2) is 18.1 Å². The van der Waals surface area contributed by atoms with Crippen molar-refractivity contribution in [2.45, 2.75) is 0 Å². The predicted octanol–water partition coefficient (Wildman–Crippen LogP) is 6.24. The largest absolute Gasteiger partial charge is 0.422 e. The average molecular weight is 508 g/mol. The Morgan fingerprint density at radius 3 is 2.31 bits per heavy atom. The molecule has 32 heavy (non-hydrogen) atoms. The van der Waals surface area contributed by atoms with Gasteiger partial charge < -0.3 is 4.74 Å². The van der Waals surface area contributed by atoms with Crippen molar-refractivity contribution in [1.82, 2.24) is 5.43 Å². The first-order valence-electron chi connectivity index (χ1n) is 9.60. The van der Waals surface area contributed by atoms with E-state index in [0.29, 0.717) is 27.5 Å². The molecule has 0 saturated heterocycles. The maximum absolute atomic E-state index is 12.6. The summed E-state index contributed by atoms with van der Waals surface area (Å²) in [5.74, 6) is -0.551. The maximum atomic E-state index is 12.6. The van der Waals surface area contributed by atoms with E-state index in [0.717, 1.165) is 15.2 Å². The Hall–Kier alpha value is -3.48. The number of benzene rings is 4. The van der Waals surface area contributed by atoms with Gasteiger partial charge in [0, 0.05) is 20.6 Å². The molecule has 0 aliphatic rings. The van der Waals surface area contributed by atoms with Crippen molar-refractivity contribution in [3.63, 3.8) is 0 Å². The molecule has 4 aromatic carbocycles. The zero-order valence-electron chi connectivity index (χ0n) is 16.6. The Balaban J connectivity index is 1.62. The fourth-order valence-electron chi connectivity index (χ4n) is 3.06. The van der Waals surface area contributed by atoms with Crippen molar-refractivity contribution in [2.24, 2.45) is 5.10 Å². The van der Waals surface area contributed by atoms with Gasteiger partial charge in [0.1, 0.15) is 5.75 Å².